The minimum Gasteiger partial charge on any atom is -0.497 e. The molecule has 1 unspecified atom stereocenters. The highest BCUT2D eigenvalue weighted by Gasteiger charge is 2.16. The average molecular weight is 324 g/mol. The van der Waals surface area contributed by atoms with Gasteiger partial charge in [-0.1, -0.05) is 18.2 Å². The van der Waals surface area contributed by atoms with Crippen molar-refractivity contribution < 1.29 is 9.15 Å². The summed E-state index contributed by atoms with van der Waals surface area (Å²) in [5.74, 6) is 1.87. The minimum atomic E-state index is 0.227. The summed E-state index contributed by atoms with van der Waals surface area (Å²) in [5, 5.41) is 5.95. The molecule has 3 aromatic rings. The molecule has 4 nitrogen and oxygen atoms in total. The van der Waals surface area contributed by atoms with Gasteiger partial charge in [-0.2, -0.15) is 0 Å². The van der Waals surface area contributed by atoms with Crippen molar-refractivity contribution in [2.75, 3.05) is 27.7 Å². The van der Waals surface area contributed by atoms with E-state index in [4.69, 9.17) is 9.15 Å². The predicted molar refractivity (Wildman–Crippen MR) is 97.3 cm³/mol. The number of methoxy groups -OCH3 is 1. The molecular formula is C20H24N2O2. The number of hydrogen-bond donors (Lipinski definition) is 1. The van der Waals surface area contributed by atoms with Gasteiger partial charge in [0.2, 0.25) is 0 Å². The first-order valence-corrected chi connectivity index (χ1v) is 8.14. The lowest BCUT2D eigenvalue weighted by atomic mass is 10.1. The minimum absolute atomic E-state index is 0.227. The Kier molecular flexibility index (Phi) is 5.18. The standard InChI is InChI=1S/C20H24N2O2/c1-22(2)19(20-5-4-10-24-20)14-21-13-15-6-7-17-12-18(23-3)9-8-16(17)11-15/h4-12,19,21H,13-14H2,1-3H3. The van der Waals surface area contributed by atoms with Crippen LogP contribution in [0.3, 0.4) is 0 Å². The molecule has 3 rings (SSSR count). The van der Waals surface area contributed by atoms with Crippen molar-refractivity contribution in [2.24, 2.45) is 0 Å². The maximum Gasteiger partial charge on any atom is 0.122 e. The van der Waals surface area contributed by atoms with Gasteiger partial charge in [-0.15, -0.1) is 0 Å². The van der Waals surface area contributed by atoms with Crippen molar-refractivity contribution >= 4 is 10.8 Å². The molecule has 126 valence electrons. The van der Waals surface area contributed by atoms with Crippen LogP contribution in [-0.4, -0.2) is 32.6 Å². The monoisotopic (exact) mass is 324 g/mol. The van der Waals surface area contributed by atoms with Gasteiger partial charge >= 0.3 is 0 Å². The normalized spacial score (nSPS) is 12.7. The summed E-state index contributed by atoms with van der Waals surface area (Å²) in [5.41, 5.74) is 1.27. The van der Waals surface area contributed by atoms with Gasteiger partial charge in [0.15, 0.2) is 0 Å². The smallest absolute Gasteiger partial charge is 0.122 e. The summed E-state index contributed by atoms with van der Waals surface area (Å²) in [4.78, 5) is 2.17. The second-order valence-electron chi connectivity index (χ2n) is 6.17. The second-order valence-corrected chi connectivity index (χ2v) is 6.17. The SMILES string of the molecule is COc1ccc2cc(CNCC(c3ccco3)N(C)C)ccc2c1. The number of rotatable bonds is 7. The van der Waals surface area contributed by atoms with Gasteiger partial charge in [0, 0.05) is 13.1 Å². The first kappa shape index (κ1) is 16.6. The Balaban J connectivity index is 1.64. The van der Waals surface area contributed by atoms with Crippen molar-refractivity contribution in [1.82, 2.24) is 10.2 Å². The molecule has 0 bridgehead atoms. The Morgan fingerprint density at radius 3 is 2.58 bits per heavy atom. The third-order valence-corrected chi connectivity index (χ3v) is 4.27. The fourth-order valence-electron chi connectivity index (χ4n) is 2.88. The first-order chi connectivity index (χ1) is 11.7. The largest absolute Gasteiger partial charge is 0.497 e. The molecule has 0 aliphatic rings. The highest BCUT2D eigenvalue weighted by atomic mass is 16.5. The summed E-state index contributed by atoms with van der Waals surface area (Å²) in [7, 11) is 5.83. The zero-order chi connectivity index (χ0) is 16.9. The highest BCUT2D eigenvalue weighted by molar-refractivity contribution is 5.84. The number of furan rings is 1. The summed E-state index contributed by atoms with van der Waals surface area (Å²) >= 11 is 0. The van der Waals surface area contributed by atoms with Gasteiger partial charge in [-0.25, -0.2) is 0 Å². The molecule has 0 amide bonds. The Hall–Kier alpha value is -2.30. The molecule has 24 heavy (non-hydrogen) atoms. The van der Waals surface area contributed by atoms with Crippen LogP contribution in [0.2, 0.25) is 0 Å². The lowest BCUT2D eigenvalue weighted by molar-refractivity contribution is 0.250. The summed E-state index contributed by atoms with van der Waals surface area (Å²) in [6.45, 7) is 1.66. The molecule has 1 aromatic heterocycles. The van der Waals surface area contributed by atoms with Gasteiger partial charge in [-0.05, 0) is 60.8 Å². The van der Waals surface area contributed by atoms with E-state index in [0.717, 1.165) is 24.6 Å². The molecule has 0 aliphatic heterocycles. The van der Waals surface area contributed by atoms with Gasteiger partial charge in [0.05, 0.1) is 19.4 Å². The zero-order valence-electron chi connectivity index (χ0n) is 14.5. The summed E-state index contributed by atoms with van der Waals surface area (Å²) in [6, 6.07) is 16.9. The van der Waals surface area contributed by atoms with Crippen molar-refractivity contribution in [2.45, 2.75) is 12.6 Å². The van der Waals surface area contributed by atoms with E-state index < -0.39 is 0 Å². The first-order valence-electron chi connectivity index (χ1n) is 8.14. The number of benzene rings is 2. The van der Waals surface area contributed by atoms with E-state index >= 15 is 0 Å². The third-order valence-electron chi connectivity index (χ3n) is 4.27. The fraction of sp³-hybridized carbons (Fsp3) is 0.300. The van der Waals surface area contributed by atoms with E-state index in [9.17, 15) is 0 Å². The van der Waals surface area contributed by atoms with Crippen LogP contribution in [0.5, 0.6) is 5.75 Å². The maximum absolute atomic E-state index is 5.55. The molecule has 1 heterocycles. The van der Waals surface area contributed by atoms with Crippen LogP contribution in [-0.2, 0) is 6.54 Å². The molecular weight excluding hydrogens is 300 g/mol. The molecule has 0 radical (unpaired) electrons. The Morgan fingerprint density at radius 1 is 1.08 bits per heavy atom. The number of nitrogens with zero attached hydrogens (tertiary/aromatic N) is 1. The number of likely N-dealkylation sites (N-methyl/N-ethyl adjacent to an activating group) is 1. The average Bonchev–Trinajstić information content (AvgIpc) is 3.12. The number of nitrogens with one attached hydrogen (secondary N) is 1. The van der Waals surface area contributed by atoms with Crippen molar-refractivity contribution in [1.29, 1.82) is 0 Å². The van der Waals surface area contributed by atoms with Crippen LogP contribution in [0.4, 0.5) is 0 Å². The van der Waals surface area contributed by atoms with E-state index in [-0.39, 0.29) is 6.04 Å². The maximum atomic E-state index is 5.55. The summed E-state index contributed by atoms with van der Waals surface area (Å²) in [6.07, 6.45) is 1.73. The molecule has 1 atom stereocenters. The van der Waals surface area contributed by atoms with Crippen LogP contribution in [0.15, 0.2) is 59.2 Å². The lowest BCUT2D eigenvalue weighted by Gasteiger charge is -2.22. The number of fused-ring (bicyclic) bond motifs is 1. The molecule has 2 aromatic carbocycles. The Morgan fingerprint density at radius 2 is 1.88 bits per heavy atom. The van der Waals surface area contributed by atoms with Crippen LogP contribution in [0.1, 0.15) is 17.4 Å². The van der Waals surface area contributed by atoms with Crippen molar-refractivity contribution in [3.63, 3.8) is 0 Å². The van der Waals surface area contributed by atoms with E-state index in [1.807, 2.05) is 18.2 Å². The Labute approximate surface area is 143 Å². The quantitative estimate of drug-likeness (QED) is 0.717. The van der Waals surface area contributed by atoms with Crippen LogP contribution < -0.4 is 10.1 Å². The summed E-state index contributed by atoms with van der Waals surface area (Å²) < 4.78 is 10.8. The highest BCUT2D eigenvalue weighted by Crippen LogP contribution is 2.22. The molecule has 0 fully saturated rings. The number of ether oxygens (including phenoxy) is 1. The second kappa shape index (κ2) is 7.51. The molecule has 0 saturated carbocycles. The molecule has 1 N–H and O–H groups in total. The fourth-order valence-corrected chi connectivity index (χ4v) is 2.88. The van der Waals surface area contributed by atoms with Crippen LogP contribution in [0.25, 0.3) is 10.8 Å². The van der Waals surface area contributed by atoms with Crippen molar-refractivity contribution in [3.8, 4) is 5.75 Å². The number of hydrogen-bond acceptors (Lipinski definition) is 4. The zero-order valence-corrected chi connectivity index (χ0v) is 14.5. The van der Waals surface area contributed by atoms with E-state index in [1.165, 1.54) is 16.3 Å². The predicted octanol–water partition coefficient (Wildman–Crippen LogP) is 3.83. The third kappa shape index (κ3) is 3.78. The van der Waals surface area contributed by atoms with Gasteiger partial charge in [-0.3, -0.25) is 4.90 Å². The Bertz CT molecular complexity index is 781. The van der Waals surface area contributed by atoms with E-state index in [2.05, 4.69) is 54.6 Å². The van der Waals surface area contributed by atoms with Gasteiger partial charge in [0.1, 0.15) is 11.5 Å². The molecule has 0 spiro atoms. The molecule has 0 aliphatic carbocycles. The molecule has 0 saturated heterocycles. The van der Waals surface area contributed by atoms with Crippen LogP contribution in [0, 0.1) is 0 Å². The van der Waals surface area contributed by atoms with Crippen molar-refractivity contribution in [3.05, 3.63) is 66.1 Å². The van der Waals surface area contributed by atoms with E-state index in [0.29, 0.717) is 0 Å². The lowest BCUT2D eigenvalue weighted by Crippen LogP contribution is -2.30. The topological polar surface area (TPSA) is 37.6 Å². The van der Waals surface area contributed by atoms with Gasteiger partial charge in [0.25, 0.3) is 0 Å². The van der Waals surface area contributed by atoms with Gasteiger partial charge < -0.3 is 14.5 Å². The van der Waals surface area contributed by atoms with E-state index in [1.54, 1.807) is 13.4 Å². The molecule has 4 heteroatoms. The van der Waals surface area contributed by atoms with Crippen LogP contribution >= 0.6 is 0 Å².